The Balaban J connectivity index is 0.000000200. The Morgan fingerprint density at radius 2 is 0.818 bits per heavy atom. The van der Waals surface area contributed by atoms with Gasteiger partial charge in [-0.2, -0.15) is 34.8 Å². The zero-order valence-electron chi connectivity index (χ0n) is 58.5. The lowest BCUT2D eigenvalue weighted by molar-refractivity contribution is -0.247. The molecule has 0 spiro atoms. The number of phenols is 1. The van der Waals surface area contributed by atoms with Gasteiger partial charge in [-0.05, 0) is 220 Å². The van der Waals surface area contributed by atoms with Gasteiger partial charge in [0.05, 0.1) is 24.1 Å². The summed E-state index contributed by atoms with van der Waals surface area (Å²) in [6.07, 6.45) is 12.1. The van der Waals surface area contributed by atoms with Gasteiger partial charge in [0.2, 0.25) is 6.29 Å². The van der Waals surface area contributed by atoms with Gasteiger partial charge >= 0.3 is 26.5 Å². The Morgan fingerprint density at radius 1 is 0.485 bits per heavy atom. The maximum Gasteiger partial charge on any atom is 0.450 e. The predicted molar refractivity (Wildman–Crippen MR) is 378 cm³/mol. The first-order valence-corrected chi connectivity index (χ1v) is 37.9. The van der Waals surface area contributed by atoms with Crippen molar-refractivity contribution in [3.8, 4) is 23.0 Å². The second kappa shape index (κ2) is 37.4. The summed E-state index contributed by atoms with van der Waals surface area (Å²) >= 11 is 0. The van der Waals surface area contributed by atoms with E-state index in [9.17, 15) is 47.7 Å². The van der Waals surface area contributed by atoms with Crippen molar-refractivity contribution in [1.29, 1.82) is 0 Å². The largest absolute Gasteiger partial charge is 0.743 e. The fraction of sp³-hybridized carbons (Fsp3) is 0.462. The minimum Gasteiger partial charge on any atom is -0.743 e. The molecule has 0 aliphatic heterocycles. The molecule has 6 unspecified atom stereocenters. The summed E-state index contributed by atoms with van der Waals surface area (Å²) in [7, 11) is -10.7. The predicted octanol–water partition coefficient (Wildman–Crippen LogP) is 20.3. The summed E-state index contributed by atoms with van der Waals surface area (Å²) in [5, 5.41) is -4.64. The van der Waals surface area contributed by atoms with Gasteiger partial charge in [-0.15, -0.1) is 0 Å². The van der Waals surface area contributed by atoms with E-state index in [-0.39, 0.29) is 34.8 Å². The lowest BCUT2D eigenvalue weighted by atomic mass is 9.49. The fourth-order valence-electron chi connectivity index (χ4n) is 12.6. The number of hydrogen-bond donors (Lipinski definition) is 1. The van der Waals surface area contributed by atoms with Crippen molar-refractivity contribution in [3.63, 3.8) is 0 Å². The molecule has 4 aliphatic carbocycles. The number of halogens is 6. The van der Waals surface area contributed by atoms with Crippen LogP contribution in [0.1, 0.15) is 172 Å². The molecule has 4 bridgehead atoms. The van der Waals surface area contributed by atoms with Crippen LogP contribution in [0.5, 0.6) is 23.0 Å². The Hall–Kier alpha value is -6.59. The highest BCUT2D eigenvalue weighted by Crippen LogP contribution is 2.62. The van der Waals surface area contributed by atoms with Crippen LogP contribution in [0.15, 0.2) is 203 Å². The number of methoxy groups -OCH3 is 2. The van der Waals surface area contributed by atoms with Crippen LogP contribution in [-0.2, 0) is 45.3 Å². The van der Waals surface area contributed by atoms with Crippen molar-refractivity contribution in [2.75, 3.05) is 27.4 Å². The second-order valence-corrected chi connectivity index (χ2v) is 30.9. The first kappa shape index (κ1) is 81.4. The van der Waals surface area contributed by atoms with E-state index < -0.39 is 42.4 Å². The quantitative estimate of drug-likeness (QED) is 0.0129. The third kappa shape index (κ3) is 22.0. The van der Waals surface area contributed by atoms with Crippen LogP contribution in [0.3, 0.4) is 0 Å². The summed E-state index contributed by atoms with van der Waals surface area (Å²) in [6.45, 7) is 19.9. The maximum atomic E-state index is 13.6. The van der Waals surface area contributed by atoms with Crippen molar-refractivity contribution >= 4 is 31.1 Å². The van der Waals surface area contributed by atoms with E-state index in [4.69, 9.17) is 28.8 Å². The number of hydrogen-bond acceptors (Lipinski definition) is 12. The average molecular weight is 1440 g/mol. The second-order valence-electron chi connectivity index (χ2n) is 25.9. The number of rotatable bonds is 27. The van der Waals surface area contributed by atoms with Crippen LogP contribution in [0.2, 0.25) is 0 Å². The van der Waals surface area contributed by atoms with Gasteiger partial charge in [-0.3, -0.25) is 0 Å². The highest BCUT2D eigenvalue weighted by atomic mass is 32.2. The van der Waals surface area contributed by atoms with E-state index in [1.807, 2.05) is 45.2 Å². The van der Waals surface area contributed by atoms with Crippen LogP contribution >= 0.6 is 0 Å². The van der Waals surface area contributed by atoms with Gasteiger partial charge < -0.3 is 37.5 Å². The normalized spacial score (nSPS) is 19.1. The number of phenolic OH excluding ortho intramolecular Hbond substituents is 1. The molecule has 6 atom stereocenters. The van der Waals surface area contributed by atoms with Crippen LogP contribution < -0.4 is 13.7 Å². The molecule has 0 radical (unpaired) electrons. The molecule has 1 N–H and O–H groups in total. The lowest BCUT2D eigenvalue weighted by Crippen LogP contribution is -2.61. The Bertz CT molecular complexity index is 3580. The van der Waals surface area contributed by atoms with Crippen molar-refractivity contribution in [2.45, 2.75) is 194 Å². The standard InChI is InChI=1S/C22H32O2.C18H15S.C15H24O3.C13H14F6O6S2.C10H14O/c1-4-15(2)19-5-7-20(8-6-19)24-21(23-3)22-12-16-9-17(13-22)11-18(10-16)14-22;1-4-10-16(11-5-1)19(17-12-6-2-7-13-17)18-14-8-3-9-15-18;1-5-12(2)14-6-8-15(9-7-14)18-13(3)17-11-10-16-4;1-3-8(2)9-4-6-10(7-5-9)25-27(23,24)13(18,19)11(14,15)12(16,17)26(20,21)22;1-3-8(2)9-4-6-10(11)7-5-9/h5-8,15-18,21H,4,9-14H2,1-3H3;1-15H;6-9,12-13H,5,10-11H2,1-4H3;4-8H,3H2,1-2H3,(H,20,21,22);4-8,11H,3H2,1-2H3/q;+1;;;/p-1. The Morgan fingerprint density at radius 3 is 1.14 bits per heavy atom. The molecule has 4 fully saturated rings. The molecular weight excluding hydrogens is 1340 g/mol. The summed E-state index contributed by atoms with van der Waals surface area (Å²) in [4.78, 5) is 4.08. The van der Waals surface area contributed by atoms with Crippen molar-refractivity contribution < 1.29 is 80.7 Å². The summed E-state index contributed by atoms with van der Waals surface area (Å²) < 4.78 is 165. The zero-order valence-corrected chi connectivity index (χ0v) is 61.0. The molecule has 11 rings (SSSR count). The van der Waals surface area contributed by atoms with Gasteiger partial charge in [0, 0.05) is 19.6 Å². The SMILES string of the molecule is CCC(C)c1ccc(O)cc1.CCC(C)c1ccc(OC(C)OCCOC)cc1.CCC(C)c1ccc(OC(OC)C23CC4CC(CC(C4)C2)C3)cc1.CCC(C)c1ccc(OS(=O)(=O)C(F)(F)C(F)(F)C(F)(F)S(=O)(=O)[O-])cc1.c1ccc([S+](c2ccccc2)c2ccccc2)cc1. The first-order valence-electron chi connectivity index (χ1n) is 33.9. The smallest absolute Gasteiger partial charge is 0.450 e. The third-order valence-electron chi connectivity index (χ3n) is 18.7. The van der Waals surface area contributed by atoms with Crippen LogP contribution in [0.4, 0.5) is 26.3 Å². The molecule has 7 aromatic carbocycles. The van der Waals surface area contributed by atoms with Gasteiger partial charge in [0.15, 0.2) is 31.1 Å². The van der Waals surface area contributed by atoms with Gasteiger partial charge in [0.25, 0.3) is 0 Å². The number of aromatic hydroxyl groups is 1. The van der Waals surface area contributed by atoms with E-state index >= 15 is 0 Å². The average Bonchev–Trinajstić information content (AvgIpc) is 0.728. The van der Waals surface area contributed by atoms with Crippen LogP contribution in [-0.4, -0.2) is 82.9 Å². The van der Waals surface area contributed by atoms with Crippen molar-refractivity contribution in [1.82, 2.24) is 0 Å². The lowest BCUT2D eigenvalue weighted by Gasteiger charge is -2.58. The maximum absolute atomic E-state index is 13.6. The molecule has 0 aromatic heterocycles. The molecule has 99 heavy (non-hydrogen) atoms. The van der Waals surface area contributed by atoms with Crippen LogP contribution in [0.25, 0.3) is 0 Å². The number of alkyl halides is 6. The van der Waals surface area contributed by atoms with E-state index in [1.54, 1.807) is 26.2 Å². The van der Waals surface area contributed by atoms with Gasteiger partial charge in [-0.25, -0.2) is 8.42 Å². The third-order valence-corrected chi connectivity index (χ3v) is 23.2. The van der Waals surface area contributed by atoms with Crippen LogP contribution in [0, 0.1) is 23.2 Å². The molecule has 4 saturated carbocycles. The highest BCUT2D eigenvalue weighted by molar-refractivity contribution is 7.97. The van der Waals surface area contributed by atoms with Crippen molar-refractivity contribution in [2.24, 2.45) is 23.2 Å². The summed E-state index contributed by atoms with van der Waals surface area (Å²) in [6, 6.07) is 60.6. The molecule has 0 saturated heterocycles. The molecule has 7 aromatic rings. The van der Waals surface area contributed by atoms with Gasteiger partial charge in [0.1, 0.15) is 23.0 Å². The highest BCUT2D eigenvalue weighted by Gasteiger charge is 2.81. The van der Waals surface area contributed by atoms with Gasteiger partial charge in [-0.1, -0.05) is 159 Å². The Kier molecular flexibility index (Phi) is 30.7. The molecule has 0 amide bonds. The first-order chi connectivity index (χ1) is 46.9. The van der Waals surface area contributed by atoms with E-state index in [1.165, 1.54) is 88.5 Å². The molecular formula is C78H98F6O12S3. The molecule has 542 valence electrons. The summed E-state index contributed by atoms with van der Waals surface area (Å²) in [5.41, 5.74) is 4.92. The van der Waals surface area contributed by atoms with E-state index in [2.05, 4.69) is 173 Å². The molecule has 21 heteroatoms. The topological polar surface area (TPSA) is 167 Å². The molecule has 4 aliphatic rings. The monoisotopic (exact) mass is 1440 g/mol. The van der Waals surface area contributed by atoms with Crippen molar-refractivity contribution in [3.05, 3.63) is 210 Å². The number of benzene rings is 7. The molecule has 12 nitrogen and oxygen atoms in total. The van der Waals surface area contributed by atoms with E-state index in [0.29, 0.717) is 48.7 Å². The fourth-order valence-corrected chi connectivity index (χ4v) is 16.1. The Labute approximate surface area is 586 Å². The number of ether oxygens (including phenoxy) is 5. The van der Waals surface area contributed by atoms with E-state index in [0.717, 1.165) is 54.2 Å². The minimum atomic E-state index is -7.33. The minimum absolute atomic E-state index is 0.0146. The molecule has 0 heterocycles. The summed E-state index contributed by atoms with van der Waals surface area (Å²) in [5.74, 6) is -1.33. The zero-order chi connectivity index (χ0) is 72.8.